The molecule has 1 aliphatic carbocycles. The van der Waals surface area contributed by atoms with Crippen molar-refractivity contribution in [2.24, 2.45) is 16.2 Å². The summed E-state index contributed by atoms with van der Waals surface area (Å²) in [6, 6.07) is 6.68. The fourth-order valence-electron chi connectivity index (χ4n) is 3.41. The molecule has 1 aromatic carbocycles. The topological polar surface area (TPSA) is 92.0 Å². The first-order valence-electron chi connectivity index (χ1n) is 9.45. The van der Waals surface area contributed by atoms with Gasteiger partial charge in [-0.05, 0) is 43.0 Å². The van der Waals surface area contributed by atoms with Gasteiger partial charge < -0.3 is 14.6 Å². The zero-order valence-electron chi connectivity index (χ0n) is 15.9. The number of nitrogens with one attached hydrogen (secondary N) is 1. The number of nitrogens with zero attached hydrogens (tertiary/aromatic N) is 2. The van der Waals surface area contributed by atoms with Crippen LogP contribution in [0.5, 0.6) is 0 Å². The zero-order valence-corrected chi connectivity index (χ0v) is 16.7. The minimum atomic E-state index is -3.90. The van der Waals surface area contributed by atoms with Crippen LogP contribution in [-0.4, -0.2) is 26.7 Å². The number of amides is 1. The number of benzene rings is 1. The van der Waals surface area contributed by atoms with Gasteiger partial charge in [-0.1, -0.05) is 20.3 Å². The summed E-state index contributed by atoms with van der Waals surface area (Å²) in [6.45, 7) is 4.71. The van der Waals surface area contributed by atoms with Gasteiger partial charge in [-0.2, -0.15) is 8.42 Å². The van der Waals surface area contributed by atoms with Gasteiger partial charge >= 0.3 is 0 Å². The highest BCUT2D eigenvalue weighted by atomic mass is 32.2. The molecule has 0 radical (unpaired) electrons. The Bertz CT molecular complexity index is 1020. The molecule has 1 fully saturated rings. The Morgan fingerprint density at radius 2 is 2.11 bits per heavy atom. The molecule has 1 aliphatic heterocycles. The standard InChI is InChI=1S/C20H23N3O4S/c1-13(2)11-23-17-7-6-16(21-20(24)14-4-3-5-14)10-18(17)28(25,26)22-19(23)15-8-9-27-12-15/h6-10,12-14H,3-5,11H2,1-2H3,(H,21,24). The Labute approximate surface area is 164 Å². The van der Waals surface area contributed by atoms with Crippen molar-refractivity contribution < 1.29 is 17.6 Å². The molecule has 2 aromatic rings. The van der Waals surface area contributed by atoms with E-state index >= 15 is 0 Å². The minimum absolute atomic E-state index is 0.0239. The van der Waals surface area contributed by atoms with Crippen molar-refractivity contribution in [1.29, 1.82) is 0 Å². The molecule has 0 unspecified atom stereocenters. The van der Waals surface area contributed by atoms with E-state index in [0.29, 0.717) is 29.3 Å². The molecule has 0 spiro atoms. The number of anilines is 2. The van der Waals surface area contributed by atoms with E-state index in [1.807, 2.05) is 4.90 Å². The lowest BCUT2D eigenvalue weighted by Crippen LogP contribution is -2.38. The quantitative estimate of drug-likeness (QED) is 0.826. The third-order valence-corrected chi connectivity index (χ3v) is 6.36. The molecule has 4 rings (SSSR count). The van der Waals surface area contributed by atoms with Crippen molar-refractivity contribution in [3.8, 4) is 0 Å². The molecular formula is C20H23N3O4S. The van der Waals surface area contributed by atoms with Crippen molar-refractivity contribution >= 4 is 33.1 Å². The predicted molar refractivity (Wildman–Crippen MR) is 107 cm³/mol. The second-order valence-electron chi connectivity index (χ2n) is 7.71. The van der Waals surface area contributed by atoms with E-state index in [1.165, 1.54) is 18.6 Å². The molecule has 0 saturated heterocycles. The SMILES string of the molecule is CC(C)CN1C(c2ccoc2)=NS(=O)(=O)c2cc(NC(=O)C3CCC3)ccc21. The lowest BCUT2D eigenvalue weighted by molar-refractivity contribution is -0.122. The maximum atomic E-state index is 12.9. The van der Waals surface area contributed by atoms with Gasteiger partial charge in [0, 0.05) is 18.2 Å². The van der Waals surface area contributed by atoms with Crippen LogP contribution in [0.4, 0.5) is 11.4 Å². The number of hydrogen-bond donors (Lipinski definition) is 1. The Kier molecular flexibility index (Phi) is 4.74. The summed E-state index contributed by atoms with van der Waals surface area (Å²) in [5.41, 5.74) is 1.64. The van der Waals surface area contributed by atoms with Crippen molar-refractivity contribution in [3.63, 3.8) is 0 Å². The molecule has 148 valence electrons. The van der Waals surface area contributed by atoms with Crippen LogP contribution in [0.1, 0.15) is 38.7 Å². The summed E-state index contributed by atoms with van der Waals surface area (Å²) < 4.78 is 35.0. The smallest absolute Gasteiger partial charge is 0.286 e. The molecule has 0 bridgehead atoms. The maximum Gasteiger partial charge on any atom is 0.286 e. The third kappa shape index (κ3) is 3.44. The Morgan fingerprint density at radius 3 is 2.71 bits per heavy atom. The molecule has 8 heteroatoms. The number of furan rings is 1. The van der Waals surface area contributed by atoms with E-state index in [0.717, 1.165) is 19.3 Å². The first-order chi connectivity index (χ1) is 13.3. The number of fused-ring (bicyclic) bond motifs is 1. The molecule has 1 saturated carbocycles. The largest absolute Gasteiger partial charge is 0.472 e. The summed E-state index contributed by atoms with van der Waals surface area (Å²) in [5.74, 6) is 0.599. The van der Waals surface area contributed by atoms with E-state index in [-0.39, 0.29) is 22.6 Å². The first-order valence-corrected chi connectivity index (χ1v) is 10.9. The Morgan fingerprint density at radius 1 is 1.32 bits per heavy atom. The van der Waals surface area contributed by atoms with Crippen LogP contribution < -0.4 is 10.2 Å². The van der Waals surface area contributed by atoms with Crippen LogP contribution in [0.15, 0.2) is 50.5 Å². The Hall–Kier alpha value is -2.61. The second-order valence-corrected chi connectivity index (χ2v) is 9.28. The van der Waals surface area contributed by atoms with E-state index in [9.17, 15) is 13.2 Å². The summed E-state index contributed by atoms with van der Waals surface area (Å²) in [6.07, 6.45) is 5.81. The third-order valence-electron chi connectivity index (χ3n) is 5.06. The number of carbonyl (C=O) groups excluding carboxylic acids is 1. The molecule has 1 amide bonds. The van der Waals surface area contributed by atoms with Crippen LogP contribution in [0.25, 0.3) is 0 Å². The van der Waals surface area contributed by atoms with E-state index in [1.54, 1.807) is 18.2 Å². The van der Waals surface area contributed by atoms with Gasteiger partial charge in [-0.15, -0.1) is 4.40 Å². The van der Waals surface area contributed by atoms with Gasteiger partial charge in [0.15, 0.2) is 5.84 Å². The fraction of sp³-hybridized carbons (Fsp3) is 0.400. The minimum Gasteiger partial charge on any atom is -0.472 e. The second kappa shape index (κ2) is 7.09. The molecular weight excluding hydrogens is 378 g/mol. The van der Waals surface area contributed by atoms with Crippen molar-refractivity contribution in [3.05, 3.63) is 42.4 Å². The van der Waals surface area contributed by atoms with Crippen LogP contribution >= 0.6 is 0 Å². The van der Waals surface area contributed by atoms with E-state index in [2.05, 4.69) is 23.6 Å². The van der Waals surface area contributed by atoms with Crippen molar-refractivity contribution in [2.75, 3.05) is 16.8 Å². The molecule has 2 aliphatic rings. The van der Waals surface area contributed by atoms with Gasteiger partial charge in [0.1, 0.15) is 11.2 Å². The van der Waals surface area contributed by atoms with Crippen LogP contribution in [0.3, 0.4) is 0 Å². The van der Waals surface area contributed by atoms with Crippen LogP contribution in [0, 0.1) is 11.8 Å². The maximum absolute atomic E-state index is 12.9. The van der Waals surface area contributed by atoms with Gasteiger partial charge in [0.25, 0.3) is 10.0 Å². The van der Waals surface area contributed by atoms with Gasteiger partial charge in [0.2, 0.25) is 5.91 Å². The average Bonchev–Trinajstić information content (AvgIpc) is 3.10. The summed E-state index contributed by atoms with van der Waals surface area (Å²) in [4.78, 5) is 14.2. The van der Waals surface area contributed by atoms with Crippen LogP contribution in [0.2, 0.25) is 0 Å². The molecule has 2 heterocycles. The fourth-order valence-corrected chi connectivity index (χ4v) is 4.66. The molecule has 0 atom stereocenters. The molecule has 7 nitrogen and oxygen atoms in total. The van der Waals surface area contributed by atoms with E-state index < -0.39 is 10.0 Å². The number of hydrogen-bond acceptors (Lipinski definition) is 5. The number of sulfonamides is 1. The zero-order chi connectivity index (χ0) is 19.9. The predicted octanol–water partition coefficient (Wildman–Crippen LogP) is 3.63. The van der Waals surface area contributed by atoms with Gasteiger partial charge in [0.05, 0.1) is 17.5 Å². The average molecular weight is 401 g/mol. The monoisotopic (exact) mass is 401 g/mol. The van der Waals surface area contributed by atoms with Gasteiger partial charge in [-0.25, -0.2) is 0 Å². The summed E-state index contributed by atoms with van der Waals surface area (Å²) >= 11 is 0. The van der Waals surface area contributed by atoms with Gasteiger partial charge in [-0.3, -0.25) is 4.79 Å². The highest BCUT2D eigenvalue weighted by molar-refractivity contribution is 7.90. The summed E-state index contributed by atoms with van der Waals surface area (Å²) in [5, 5.41) is 2.84. The summed E-state index contributed by atoms with van der Waals surface area (Å²) in [7, 11) is -3.90. The molecule has 28 heavy (non-hydrogen) atoms. The highest BCUT2D eigenvalue weighted by Gasteiger charge is 2.33. The van der Waals surface area contributed by atoms with E-state index in [4.69, 9.17) is 4.42 Å². The number of carbonyl (C=O) groups is 1. The molecule has 1 aromatic heterocycles. The van der Waals surface area contributed by atoms with Crippen LogP contribution in [-0.2, 0) is 14.8 Å². The first kappa shape index (κ1) is 18.7. The highest BCUT2D eigenvalue weighted by Crippen LogP contribution is 2.36. The molecule has 1 N–H and O–H groups in total. The Balaban J connectivity index is 1.74. The lowest BCUT2D eigenvalue weighted by atomic mass is 9.85. The number of rotatable bonds is 5. The van der Waals surface area contributed by atoms with Crippen molar-refractivity contribution in [2.45, 2.75) is 38.0 Å². The lowest BCUT2D eigenvalue weighted by Gasteiger charge is -2.32. The number of amidine groups is 1. The normalized spacial score (nSPS) is 18.4. The van der Waals surface area contributed by atoms with Crippen molar-refractivity contribution in [1.82, 2.24) is 0 Å².